The Morgan fingerprint density at radius 3 is 2.76 bits per heavy atom. The summed E-state index contributed by atoms with van der Waals surface area (Å²) in [5, 5.41) is 5.69. The largest absolute Gasteiger partial charge is 0.771 e. The van der Waals surface area contributed by atoms with Crippen LogP contribution in [0.25, 0.3) is 0 Å². The van der Waals surface area contributed by atoms with Crippen molar-refractivity contribution in [2.45, 2.75) is 24.5 Å². The van der Waals surface area contributed by atoms with Crippen LogP contribution in [0.15, 0.2) is 72.0 Å². The molecular formula is C22H19FN3O5S2-. The van der Waals surface area contributed by atoms with Gasteiger partial charge >= 0.3 is 6.03 Å². The molecule has 8 nitrogen and oxygen atoms in total. The molecule has 2 N–H and O–H groups in total. The molecule has 3 atom stereocenters. The summed E-state index contributed by atoms with van der Waals surface area (Å²) >= 11 is -1.51. The SMILES string of the molecule is O=C(NCc1cccc(F)c1)Nc1nc(C(C2=COC(Cc3ccccc3)O2)S(=O)[O-])cs1. The van der Waals surface area contributed by atoms with Crippen molar-refractivity contribution in [3.63, 3.8) is 0 Å². The maximum absolute atomic E-state index is 13.2. The summed E-state index contributed by atoms with van der Waals surface area (Å²) in [6.45, 7) is 0.121. The molecule has 1 aliphatic rings. The fourth-order valence-electron chi connectivity index (χ4n) is 3.14. The number of hydrogen-bond donors (Lipinski definition) is 2. The molecule has 1 aromatic heterocycles. The summed E-state index contributed by atoms with van der Waals surface area (Å²) < 4.78 is 48.3. The summed E-state index contributed by atoms with van der Waals surface area (Å²) in [4.78, 5) is 16.3. The third kappa shape index (κ3) is 6.15. The molecule has 0 radical (unpaired) electrons. The normalized spacial score (nSPS) is 16.8. The highest BCUT2D eigenvalue weighted by atomic mass is 32.2. The maximum atomic E-state index is 13.2. The van der Waals surface area contributed by atoms with E-state index in [1.165, 1.54) is 23.8 Å². The Morgan fingerprint density at radius 1 is 1.21 bits per heavy atom. The summed E-state index contributed by atoms with van der Waals surface area (Å²) in [7, 11) is 0. The summed E-state index contributed by atoms with van der Waals surface area (Å²) in [6.07, 6.45) is 1.10. The van der Waals surface area contributed by atoms with Crippen LogP contribution in [0.5, 0.6) is 0 Å². The van der Waals surface area contributed by atoms with E-state index in [0.717, 1.165) is 16.9 Å². The summed E-state index contributed by atoms with van der Waals surface area (Å²) in [5.41, 5.74) is 1.78. The molecule has 0 saturated carbocycles. The Hall–Kier alpha value is -3.28. The fourth-order valence-corrected chi connectivity index (χ4v) is 4.58. The van der Waals surface area contributed by atoms with Gasteiger partial charge in [0.05, 0.1) is 5.69 Å². The standard InChI is InChI=1S/C22H20FN3O5S2/c23-16-8-4-7-15(9-16)11-24-21(27)26-22-25-17(13-32-22)20(33(28)29)18-12-30-19(31-18)10-14-5-2-1-3-6-14/h1-9,12-13,19-20H,10-11H2,(H,28,29)(H2,24,25,26,27)/p-1. The van der Waals surface area contributed by atoms with Crippen molar-refractivity contribution in [1.82, 2.24) is 10.3 Å². The zero-order chi connectivity index (χ0) is 23.2. The minimum Gasteiger partial charge on any atom is -0.771 e. The van der Waals surface area contributed by atoms with Crippen LogP contribution in [0.3, 0.4) is 0 Å². The number of hydrogen-bond acceptors (Lipinski definition) is 7. The van der Waals surface area contributed by atoms with Gasteiger partial charge < -0.3 is 19.3 Å². The van der Waals surface area contributed by atoms with Gasteiger partial charge in [0.25, 0.3) is 0 Å². The number of carbonyl (C=O) groups excluding carboxylic acids is 1. The first-order valence-electron chi connectivity index (χ1n) is 9.87. The molecule has 1 aliphatic heterocycles. The van der Waals surface area contributed by atoms with Crippen molar-refractivity contribution < 1.29 is 27.4 Å². The number of aromatic nitrogens is 1. The minimum absolute atomic E-state index is 0.121. The van der Waals surface area contributed by atoms with E-state index in [2.05, 4.69) is 15.6 Å². The second kappa shape index (κ2) is 10.6. The average Bonchev–Trinajstić information content (AvgIpc) is 3.43. The maximum Gasteiger partial charge on any atom is 0.321 e. The average molecular weight is 489 g/mol. The lowest BCUT2D eigenvalue weighted by Crippen LogP contribution is -2.28. The fraction of sp³-hybridized carbons (Fsp3) is 0.182. The Bertz CT molecular complexity index is 1170. The highest BCUT2D eigenvalue weighted by Gasteiger charge is 2.30. The van der Waals surface area contributed by atoms with Crippen LogP contribution in [-0.4, -0.2) is 26.1 Å². The summed E-state index contributed by atoms with van der Waals surface area (Å²) in [6, 6.07) is 14.8. The van der Waals surface area contributed by atoms with Crippen LogP contribution in [0.1, 0.15) is 22.1 Å². The van der Waals surface area contributed by atoms with Gasteiger partial charge in [-0.2, -0.15) is 0 Å². The topological polar surface area (TPSA) is 113 Å². The highest BCUT2D eigenvalue weighted by Crippen LogP contribution is 2.34. The number of carbonyl (C=O) groups is 1. The smallest absolute Gasteiger partial charge is 0.321 e. The number of nitrogens with one attached hydrogen (secondary N) is 2. The molecule has 2 amide bonds. The highest BCUT2D eigenvalue weighted by molar-refractivity contribution is 7.79. The van der Waals surface area contributed by atoms with E-state index >= 15 is 0 Å². The quantitative estimate of drug-likeness (QED) is 0.464. The van der Waals surface area contributed by atoms with Gasteiger partial charge in [0.2, 0.25) is 6.29 Å². The Labute approximate surface area is 195 Å². The molecular weight excluding hydrogens is 469 g/mol. The molecule has 3 aromatic rings. The Balaban J connectivity index is 1.35. The van der Waals surface area contributed by atoms with E-state index in [1.807, 2.05) is 30.3 Å². The van der Waals surface area contributed by atoms with E-state index in [9.17, 15) is 17.9 Å². The van der Waals surface area contributed by atoms with E-state index in [4.69, 9.17) is 9.47 Å². The van der Waals surface area contributed by atoms with Gasteiger partial charge in [0.1, 0.15) is 17.3 Å². The first-order valence-corrected chi connectivity index (χ1v) is 11.9. The van der Waals surface area contributed by atoms with Gasteiger partial charge in [-0.3, -0.25) is 9.53 Å². The van der Waals surface area contributed by atoms with Gasteiger partial charge in [-0.15, -0.1) is 11.3 Å². The third-order valence-corrected chi connectivity index (χ3v) is 6.29. The third-order valence-electron chi connectivity index (χ3n) is 4.65. The van der Waals surface area contributed by atoms with E-state index in [1.54, 1.807) is 12.1 Å². The van der Waals surface area contributed by atoms with Gasteiger partial charge in [0, 0.05) is 18.3 Å². The zero-order valence-corrected chi connectivity index (χ0v) is 18.7. The van der Waals surface area contributed by atoms with E-state index in [-0.39, 0.29) is 23.1 Å². The predicted octanol–water partition coefficient (Wildman–Crippen LogP) is 3.98. The lowest BCUT2D eigenvalue weighted by atomic mass is 10.1. The van der Waals surface area contributed by atoms with Crippen LogP contribution in [-0.2, 0) is 33.5 Å². The van der Waals surface area contributed by atoms with Crippen molar-refractivity contribution in [2.75, 3.05) is 5.32 Å². The number of nitrogens with zero attached hydrogens (tertiary/aromatic N) is 1. The molecule has 4 rings (SSSR count). The first kappa shape index (κ1) is 22.9. The second-order valence-electron chi connectivity index (χ2n) is 7.05. The Kier molecular flexibility index (Phi) is 7.33. The predicted molar refractivity (Wildman–Crippen MR) is 120 cm³/mol. The van der Waals surface area contributed by atoms with Gasteiger partial charge in [0.15, 0.2) is 10.9 Å². The lowest BCUT2D eigenvalue weighted by molar-refractivity contribution is -0.0313. The number of thiazole rings is 1. The summed E-state index contributed by atoms with van der Waals surface area (Å²) in [5.74, 6) is -0.272. The number of rotatable bonds is 8. The molecule has 2 heterocycles. The van der Waals surface area contributed by atoms with Crippen molar-refractivity contribution in [1.29, 1.82) is 0 Å². The van der Waals surface area contributed by atoms with Crippen molar-refractivity contribution in [3.8, 4) is 0 Å². The number of ether oxygens (including phenoxy) is 2. The zero-order valence-electron chi connectivity index (χ0n) is 17.1. The molecule has 172 valence electrons. The van der Waals surface area contributed by atoms with Crippen LogP contribution in [0.2, 0.25) is 0 Å². The van der Waals surface area contributed by atoms with Crippen LogP contribution in [0.4, 0.5) is 14.3 Å². The molecule has 11 heteroatoms. The molecule has 2 aromatic carbocycles. The van der Waals surface area contributed by atoms with Gasteiger partial charge in [-0.1, -0.05) is 42.5 Å². The van der Waals surface area contributed by atoms with Crippen LogP contribution in [0, 0.1) is 5.82 Å². The minimum atomic E-state index is -2.58. The molecule has 0 bridgehead atoms. The molecule has 0 spiro atoms. The van der Waals surface area contributed by atoms with E-state index < -0.39 is 34.5 Å². The molecule has 0 aliphatic carbocycles. The van der Waals surface area contributed by atoms with Gasteiger partial charge in [-0.05, 0) is 34.3 Å². The monoisotopic (exact) mass is 488 g/mol. The number of amides is 2. The first-order chi connectivity index (χ1) is 16.0. The molecule has 3 unspecified atom stereocenters. The number of halogens is 1. The van der Waals surface area contributed by atoms with Crippen molar-refractivity contribution in [3.05, 3.63) is 94.6 Å². The Morgan fingerprint density at radius 2 is 2.00 bits per heavy atom. The van der Waals surface area contributed by atoms with E-state index in [0.29, 0.717) is 12.0 Å². The van der Waals surface area contributed by atoms with Crippen LogP contribution >= 0.6 is 11.3 Å². The van der Waals surface area contributed by atoms with Crippen molar-refractivity contribution >= 4 is 33.6 Å². The van der Waals surface area contributed by atoms with Crippen molar-refractivity contribution in [2.24, 2.45) is 0 Å². The number of benzene rings is 2. The lowest BCUT2D eigenvalue weighted by Gasteiger charge is -2.19. The molecule has 0 fully saturated rings. The van der Waals surface area contributed by atoms with Crippen LogP contribution < -0.4 is 10.6 Å². The number of urea groups is 1. The molecule has 33 heavy (non-hydrogen) atoms. The van der Waals surface area contributed by atoms with Gasteiger partial charge in [-0.25, -0.2) is 14.2 Å². The second-order valence-corrected chi connectivity index (χ2v) is 8.90. The molecule has 0 saturated heterocycles. The number of anilines is 1.